The van der Waals surface area contributed by atoms with Gasteiger partial charge in [-0.1, -0.05) is 6.92 Å². The minimum atomic E-state index is -1.07. The lowest BCUT2D eigenvalue weighted by Crippen LogP contribution is -2.23. The van der Waals surface area contributed by atoms with Gasteiger partial charge in [-0.05, 0) is 56.5 Å². The summed E-state index contributed by atoms with van der Waals surface area (Å²) in [5.74, 6) is 0.00910. The molecule has 1 aliphatic rings. The lowest BCUT2D eigenvalue weighted by Gasteiger charge is -2.14. The van der Waals surface area contributed by atoms with Gasteiger partial charge < -0.3 is 13.8 Å². The molecule has 1 aliphatic heterocycles. The summed E-state index contributed by atoms with van der Waals surface area (Å²) in [7, 11) is 0. The molecule has 1 unspecified atom stereocenters. The second kappa shape index (κ2) is 6.15. The van der Waals surface area contributed by atoms with E-state index in [0.29, 0.717) is 23.2 Å². The molecule has 0 bridgehead atoms. The number of likely N-dealkylation sites (tertiary alicyclic amines) is 1. The highest BCUT2D eigenvalue weighted by atomic mass is 19.1. The van der Waals surface area contributed by atoms with Gasteiger partial charge in [0.25, 0.3) is 0 Å². The maximum atomic E-state index is 13.8. The summed E-state index contributed by atoms with van der Waals surface area (Å²) in [6.45, 7) is 5.21. The third-order valence-electron chi connectivity index (χ3n) is 4.88. The number of hydrogen-bond acceptors (Lipinski definition) is 5. The average Bonchev–Trinajstić information content (AvgIpc) is 3.13. The van der Waals surface area contributed by atoms with Crippen LogP contribution < -0.4 is 11.3 Å². The second-order valence-electron chi connectivity index (χ2n) is 6.67. The van der Waals surface area contributed by atoms with E-state index in [9.17, 15) is 14.0 Å². The maximum absolute atomic E-state index is 13.8. The SMILES string of the molecule is CCCN1CCC(Cc2c3cc(F)ccc3n3oc(=O)c(=O)oc23)C1. The Kier molecular flexibility index (Phi) is 3.95. The highest BCUT2D eigenvalue weighted by Gasteiger charge is 2.26. The van der Waals surface area contributed by atoms with Crippen LogP contribution in [0.3, 0.4) is 0 Å². The molecule has 0 aliphatic carbocycles. The van der Waals surface area contributed by atoms with Crippen LogP contribution in [0.5, 0.6) is 0 Å². The van der Waals surface area contributed by atoms with E-state index in [0.717, 1.165) is 38.0 Å². The van der Waals surface area contributed by atoms with E-state index in [2.05, 4.69) is 11.8 Å². The lowest BCUT2D eigenvalue weighted by atomic mass is 9.98. The monoisotopic (exact) mass is 346 g/mol. The van der Waals surface area contributed by atoms with Gasteiger partial charge in [-0.25, -0.2) is 14.0 Å². The Balaban J connectivity index is 1.83. The van der Waals surface area contributed by atoms with Crippen molar-refractivity contribution in [3.05, 3.63) is 50.4 Å². The molecule has 7 heteroatoms. The van der Waals surface area contributed by atoms with Crippen LogP contribution in [0.15, 0.2) is 36.7 Å². The number of nitrogens with zero attached hydrogens (tertiary/aromatic N) is 2. The second-order valence-corrected chi connectivity index (χ2v) is 6.67. The Morgan fingerprint density at radius 3 is 2.92 bits per heavy atom. The van der Waals surface area contributed by atoms with Crippen molar-refractivity contribution in [3.63, 3.8) is 0 Å². The van der Waals surface area contributed by atoms with Gasteiger partial charge >= 0.3 is 11.3 Å². The van der Waals surface area contributed by atoms with Crippen LogP contribution >= 0.6 is 0 Å². The largest absolute Gasteiger partial charge is 0.442 e. The zero-order chi connectivity index (χ0) is 17.6. The Morgan fingerprint density at radius 1 is 1.28 bits per heavy atom. The van der Waals surface area contributed by atoms with Crippen LogP contribution in [0.1, 0.15) is 25.3 Å². The molecule has 1 fully saturated rings. The molecule has 0 amide bonds. The first-order valence-electron chi connectivity index (χ1n) is 8.56. The van der Waals surface area contributed by atoms with E-state index >= 15 is 0 Å². The topological polar surface area (TPSA) is 68.1 Å². The third-order valence-corrected chi connectivity index (χ3v) is 4.88. The van der Waals surface area contributed by atoms with Gasteiger partial charge in [-0.15, -0.1) is 4.57 Å². The van der Waals surface area contributed by atoms with Gasteiger partial charge in [-0.2, -0.15) is 0 Å². The summed E-state index contributed by atoms with van der Waals surface area (Å²) in [5.41, 5.74) is -0.681. The van der Waals surface area contributed by atoms with E-state index in [1.165, 1.54) is 22.8 Å². The highest BCUT2D eigenvalue weighted by Crippen LogP contribution is 2.31. The first-order chi connectivity index (χ1) is 12.1. The van der Waals surface area contributed by atoms with E-state index in [-0.39, 0.29) is 11.5 Å². The fourth-order valence-electron chi connectivity index (χ4n) is 3.80. The highest BCUT2D eigenvalue weighted by molar-refractivity contribution is 5.89. The Morgan fingerprint density at radius 2 is 2.12 bits per heavy atom. The van der Waals surface area contributed by atoms with E-state index in [1.807, 2.05) is 0 Å². The summed E-state index contributed by atoms with van der Waals surface area (Å²) in [6, 6.07) is 4.22. The molecule has 0 saturated carbocycles. The number of hydrogen-bond donors (Lipinski definition) is 0. The molecule has 0 radical (unpaired) electrons. The molecule has 132 valence electrons. The first-order valence-corrected chi connectivity index (χ1v) is 8.56. The minimum Gasteiger partial charge on any atom is -0.397 e. The van der Waals surface area contributed by atoms with Crippen molar-refractivity contribution in [2.75, 3.05) is 19.6 Å². The van der Waals surface area contributed by atoms with Crippen LogP contribution in [-0.4, -0.2) is 29.1 Å². The number of fused-ring (bicyclic) bond motifs is 3. The summed E-state index contributed by atoms with van der Waals surface area (Å²) < 4.78 is 25.2. The van der Waals surface area contributed by atoms with Crippen molar-refractivity contribution in [2.45, 2.75) is 26.2 Å². The molecule has 3 heterocycles. The quantitative estimate of drug-likeness (QED) is 0.679. The third kappa shape index (κ3) is 2.78. The zero-order valence-electron chi connectivity index (χ0n) is 14.0. The van der Waals surface area contributed by atoms with Crippen LogP contribution in [0.4, 0.5) is 4.39 Å². The van der Waals surface area contributed by atoms with E-state index < -0.39 is 11.3 Å². The van der Waals surface area contributed by atoms with Crippen molar-refractivity contribution in [2.24, 2.45) is 5.92 Å². The maximum Gasteiger partial charge on any atom is 0.442 e. The predicted molar refractivity (Wildman–Crippen MR) is 90.5 cm³/mol. The van der Waals surface area contributed by atoms with Crippen LogP contribution in [0.25, 0.3) is 16.6 Å². The molecule has 1 atom stereocenters. The molecule has 2 aromatic heterocycles. The van der Waals surface area contributed by atoms with Crippen molar-refractivity contribution in [1.82, 2.24) is 9.47 Å². The smallest absolute Gasteiger partial charge is 0.397 e. The molecule has 4 rings (SSSR count). The summed E-state index contributed by atoms with van der Waals surface area (Å²) >= 11 is 0. The van der Waals surface area contributed by atoms with E-state index in [1.54, 1.807) is 0 Å². The van der Waals surface area contributed by atoms with Gasteiger partial charge in [0.2, 0.25) is 5.71 Å². The van der Waals surface area contributed by atoms with Crippen LogP contribution in [0.2, 0.25) is 0 Å². The molecule has 0 N–H and O–H groups in total. The van der Waals surface area contributed by atoms with Crippen LogP contribution in [-0.2, 0) is 6.42 Å². The Bertz CT molecular complexity index is 1050. The molecule has 1 saturated heterocycles. The first kappa shape index (κ1) is 16.1. The Labute approximate surface area is 142 Å². The summed E-state index contributed by atoms with van der Waals surface area (Å²) in [4.78, 5) is 25.6. The number of benzene rings is 1. The van der Waals surface area contributed by atoms with Crippen LogP contribution in [0, 0.1) is 11.7 Å². The molecule has 0 spiro atoms. The molecule has 1 aromatic carbocycles. The lowest BCUT2D eigenvalue weighted by molar-refractivity contribution is 0.285. The zero-order valence-corrected chi connectivity index (χ0v) is 14.0. The fraction of sp³-hybridized carbons (Fsp3) is 0.444. The molecule has 3 aromatic rings. The fourth-order valence-corrected chi connectivity index (χ4v) is 3.80. The van der Waals surface area contributed by atoms with Gasteiger partial charge in [0.1, 0.15) is 5.82 Å². The number of rotatable bonds is 4. The standard InChI is InChI=1S/C18H19FN2O4/c1-2-6-20-7-5-11(10-20)8-14-13-9-12(19)3-4-15(13)21-16(14)24-17(22)18(23)25-21/h3-4,9,11H,2,5-8,10H2,1H3. The Hall–Kier alpha value is -2.41. The van der Waals surface area contributed by atoms with Crippen molar-refractivity contribution in [1.29, 1.82) is 0 Å². The molecule has 6 nitrogen and oxygen atoms in total. The predicted octanol–water partition coefficient (Wildman–Crippen LogP) is 2.41. The molecule has 25 heavy (non-hydrogen) atoms. The van der Waals surface area contributed by atoms with Gasteiger partial charge in [0.05, 0.1) is 5.52 Å². The average molecular weight is 346 g/mol. The minimum absolute atomic E-state index is 0.194. The van der Waals surface area contributed by atoms with Gasteiger partial charge in [0, 0.05) is 17.5 Å². The number of halogens is 1. The molecular formula is C18H19FN2O4. The normalized spacial score (nSPS) is 18.6. The van der Waals surface area contributed by atoms with Crippen molar-refractivity contribution >= 4 is 16.6 Å². The van der Waals surface area contributed by atoms with Gasteiger partial charge in [0.15, 0.2) is 0 Å². The summed E-state index contributed by atoms with van der Waals surface area (Å²) in [6.07, 6.45) is 2.79. The number of aromatic nitrogens is 1. The van der Waals surface area contributed by atoms with Crippen molar-refractivity contribution < 1.29 is 13.3 Å². The summed E-state index contributed by atoms with van der Waals surface area (Å²) in [5, 5.41) is 0.617. The van der Waals surface area contributed by atoms with E-state index in [4.69, 9.17) is 8.94 Å². The molecular weight excluding hydrogens is 327 g/mol. The van der Waals surface area contributed by atoms with Crippen molar-refractivity contribution in [3.8, 4) is 0 Å². The van der Waals surface area contributed by atoms with Gasteiger partial charge in [-0.3, -0.25) is 0 Å².